The van der Waals surface area contributed by atoms with Gasteiger partial charge in [0.25, 0.3) is 5.91 Å². The number of carbonyl (C=O) groups is 2. The van der Waals surface area contributed by atoms with Gasteiger partial charge in [0, 0.05) is 19.6 Å². The van der Waals surface area contributed by atoms with Crippen molar-refractivity contribution in [2.45, 2.75) is 18.5 Å². The van der Waals surface area contributed by atoms with Crippen molar-refractivity contribution in [3.05, 3.63) is 29.8 Å². The maximum Gasteiger partial charge on any atom is 0.256 e. The molecule has 1 fully saturated rings. The van der Waals surface area contributed by atoms with Gasteiger partial charge in [0.2, 0.25) is 5.91 Å². The smallest absolute Gasteiger partial charge is 0.256 e. The number of hydrogen-bond acceptors (Lipinski definition) is 3. The Morgan fingerprint density at radius 1 is 1.28 bits per heavy atom. The number of carbonyl (C=O) groups excluding carboxylic acids is 2. The van der Waals surface area contributed by atoms with Crippen LogP contribution in [0.5, 0.6) is 0 Å². The Morgan fingerprint density at radius 3 is 2.78 bits per heavy atom. The molecule has 2 heterocycles. The lowest BCUT2D eigenvalue weighted by atomic mass is 10.1. The van der Waals surface area contributed by atoms with Crippen LogP contribution >= 0.6 is 0 Å². The summed E-state index contributed by atoms with van der Waals surface area (Å²) in [5.41, 5.74) is 7.12. The van der Waals surface area contributed by atoms with E-state index in [-0.39, 0.29) is 17.9 Å². The Kier molecular flexibility index (Phi) is 2.38. The Balaban J connectivity index is 2.14. The van der Waals surface area contributed by atoms with Crippen LogP contribution in [-0.4, -0.2) is 42.4 Å². The lowest BCUT2D eigenvalue weighted by Crippen LogP contribution is -2.43. The number of nitrogens with zero attached hydrogens (tertiary/aromatic N) is 2. The molecule has 1 saturated heterocycles. The molecule has 5 nitrogen and oxygen atoms in total. The average Bonchev–Trinajstić information content (AvgIpc) is 2.75. The van der Waals surface area contributed by atoms with E-state index < -0.39 is 6.04 Å². The molecule has 1 unspecified atom stereocenters. The van der Waals surface area contributed by atoms with Crippen LogP contribution < -0.4 is 10.6 Å². The molecule has 5 heteroatoms. The van der Waals surface area contributed by atoms with E-state index in [9.17, 15) is 9.59 Å². The predicted octanol–water partition coefficient (Wildman–Crippen LogP) is 0.205. The van der Waals surface area contributed by atoms with Crippen molar-refractivity contribution in [1.29, 1.82) is 0 Å². The first-order valence-electron chi connectivity index (χ1n) is 6.02. The number of anilines is 1. The van der Waals surface area contributed by atoms with Crippen molar-refractivity contribution in [3.63, 3.8) is 0 Å². The normalized spacial score (nSPS) is 27.0. The predicted molar refractivity (Wildman–Crippen MR) is 67.3 cm³/mol. The van der Waals surface area contributed by atoms with E-state index in [0.29, 0.717) is 24.2 Å². The van der Waals surface area contributed by atoms with Gasteiger partial charge in [-0.25, -0.2) is 0 Å². The summed E-state index contributed by atoms with van der Waals surface area (Å²) < 4.78 is 0. The van der Waals surface area contributed by atoms with Crippen LogP contribution in [0.4, 0.5) is 5.69 Å². The number of benzene rings is 1. The van der Waals surface area contributed by atoms with Gasteiger partial charge in [0.1, 0.15) is 6.04 Å². The zero-order valence-corrected chi connectivity index (χ0v) is 10.2. The highest BCUT2D eigenvalue weighted by Gasteiger charge is 2.43. The molecule has 0 spiro atoms. The van der Waals surface area contributed by atoms with Crippen LogP contribution in [0, 0.1) is 0 Å². The first-order chi connectivity index (χ1) is 8.59. The van der Waals surface area contributed by atoms with Crippen LogP contribution in [0.3, 0.4) is 0 Å². The minimum Gasteiger partial charge on any atom is -0.326 e. The monoisotopic (exact) mass is 245 g/mol. The minimum atomic E-state index is -0.412. The lowest BCUT2D eigenvalue weighted by molar-refractivity contribution is -0.121. The highest BCUT2D eigenvalue weighted by Crippen LogP contribution is 2.30. The fourth-order valence-electron chi connectivity index (χ4n) is 2.77. The van der Waals surface area contributed by atoms with Crippen molar-refractivity contribution < 1.29 is 9.59 Å². The van der Waals surface area contributed by atoms with E-state index >= 15 is 0 Å². The number of likely N-dealkylation sites (N-methyl/N-ethyl adjacent to an activating group) is 1. The van der Waals surface area contributed by atoms with Crippen LogP contribution in [0.15, 0.2) is 24.3 Å². The van der Waals surface area contributed by atoms with Gasteiger partial charge in [-0.1, -0.05) is 12.1 Å². The van der Waals surface area contributed by atoms with E-state index in [2.05, 4.69) is 0 Å². The SMILES string of the molecule is CN1C(=O)[C@@H]2CC(N)CN2C(=O)c2ccccc21. The molecule has 2 aliphatic rings. The number of para-hydroxylation sites is 1. The van der Waals surface area contributed by atoms with Gasteiger partial charge >= 0.3 is 0 Å². The van der Waals surface area contributed by atoms with Gasteiger partial charge in [-0.05, 0) is 18.6 Å². The zero-order chi connectivity index (χ0) is 12.9. The second-order valence-corrected chi connectivity index (χ2v) is 4.88. The molecule has 3 rings (SSSR count). The number of rotatable bonds is 0. The summed E-state index contributed by atoms with van der Waals surface area (Å²) >= 11 is 0. The molecule has 2 atom stereocenters. The average molecular weight is 245 g/mol. The van der Waals surface area contributed by atoms with E-state index in [4.69, 9.17) is 5.73 Å². The van der Waals surface area contributed by atoms with Crippen molar-refractivity contribution in [1.82, 2.24) is 4.90 Å². The highest BCUT2D eigenvalue weighted by atomic mass is 16.2. The number of amides is 2. The van der Waals surface area contributed by atoms with Crippen molar-refractivity contribution in [2.24, 2.45) is 5.73 Å². The number of nitrogens with two attached hydrogens (primary N) is 1. The fraction of sp³-hybridized carbons (Fsp3) is 0.385. The first kappa shape index (κ1) is 11.2. The molecule has 0 saturated carbocycles. The van der Waals surface area contributed by atoms with Gasteiger partial charge in [-0.3, -0.25) is 9.59 Å². The van der Waals surface area contributed by atoms with Crippen LogP contribution in [0.1, 0.15) is 16.8 Å². The first-order valence-corrected chi connectivity index (χ1v) is 6.02. The molecule has 1 aromatic carbocycles. The lowest BCUT2D eigenvalue weighted by Gasteiger charge is -2.22. The molecule has 94 valence electrons. The van der Waals surface area contributed by atoms with Crippen LogP contribution in [0.25, 0.3) is 0 Å². The molecule has 0 aromatic heterocycles. The largest absolute Gasteiger partial charge is 0.326 e. The maximum atomic E-state index is 12.4. The summed E-state index contributed by atoms with van der Waals surface area (Å²) in [6.45, 7) is 0.456. The fourth-order valence-corrected chi connectivity index (χ4v) is 2.77. The van der Waals surface area contributed by atoms with Crippen LogP contribution in [-0.2, 0) is 4.79 Å². The maximum absolute atomic E-state index is 12.4. The van der Waals surface area contributed by atoms with Gasteiger partial charge in [-0.2, -0.15) is 0 Å². The molecular formula is C13H15N3O2. The summed E-state index contributed by atoms with van der Waals surface area (Å²) in [6.07, 6.45) is 0.545. The van der Waals surface area contributed by atoms with Gasteiger partial charge in [0.15, 0.2) is 0 Å². The number of hydrogen-bond donors (Lipinski definition) is 1. The topological polar surface area (TPSA) is 66.6 Å². The summed E-state index contributed by atoms with van der Waals surface area (Å²) in [6, 6.07) is 6.68. The van der Waals surface area contributed by atoms with E-state index in [0.717, 1.165) is 0 Å². The second kappa shape index (κ2) is 3.81. The zero-order valence-electron chi connectivity index (χ0n) is 10.2. The summed E-state index contributed by atoms with van der Waals surface area (Å²) in [4.78, 5) is 28.0. The summed E-state index contributed by atoms with van der Waals surface area (Å²) in [5, 5.41) is 0. The molecule has 0 radical (unpaired) electrons. The standard InChI is InChI=1S/C13H15N3O2/c1-15-10-5-3-2-4-9(10)12(17)16-7-8(14)6-11(16)13(15)18/h2-5,8,11H,6-7,14H2,1H3/t8?,11-/m0/s1. The minimum absolute atomic E-state index is 0.0544. The Labute approximate surface area is 105 Å². The molecule has 0 aliphatic carbocycles. The molecular weight excluding hydrogens is 230 g/mol. The van der Waals surface area contributed by atoms with Gasteiger partial charge in [0.05, 0.1) is 11.3 Å². The summed E-state index contributed by atoms with van der Waals surface area (Å²) in [7, 11) is 1.71. The third-order valence-corrected chi connectivity index (χ3v) is 3.71. The molecule has 1 aromatic rings. The second-order valence-electron chi connectivity index (χ2n) is 4.88. The van der Waals surface area contributed by atoms with Gasteiger partial charge < -0.3 is 15.5 Å². The van der Waals surface area contributed by atoms with E-state index in [1.807, 2.05) is 12.1 Å². The van der Waals surface area contributed by atoms with Crippen molar-refractivity contribution in [2.75, 3.05) is 18.5 Å². The van der Waals surface area contributed by atoms with Crippen molar-refractivity contribution >= 4 is 17.5 Å². The molecule has 2 amide bonds. The Morgan fingerprint density at radius 2 is 2.00 bits per heavy atom. The Hall–Kier alpha value is -1.88. The van der Waals surface area contributed by atoms with E-state index in [1.165, 1.54) is 0 Å². The summed E-state index contributed by atoms with van der Waals surface area (Å²) in [5.74, 6) is -0.150. The third kappa shape index (κ3) is 1.44. The quantitative estimate of drug-likeness (QED) is 0.710. The van der Waals surface area contributed by atoms with E-state index in [1.54, 1.807) is 29.0 Å². The third-order valence-electron chi connectivity index (χ3n) is 3.71. The number of fused-ring (bicyclic) bond motifs is 2. The molecule has 18 heavy (non-hydrogen) atoms. The van der Waals surface area contributed by atoms with Crippen LogP contribution in [0.2, 0.25) is 0 Å². The molecule has 2 N–H and O–H groups in total. The van der Waals surface area contributed by atoms with Crippen molar-refractivity contribution in [3.8, 4) is 0 Å². The molecule has 0 bridgehead atoms. The molecule has 2 aliphatic heterocycles. The van der Waals surface area contributed by atoms with Gasteiger partial charge in [-0.15, -0.1) is 0 Å². The Bertz CT molecular complexity index is 529. The highest BCUT2D eigenvalue weighted by molar-refractivity contribution is 6.11.